The van der Waals surface area contributed by atoms with Crippen molar-refractivity contribution in [1.82, 2.24) is 15.0 Å². The zero-order valence-electron chi connectivity index (χ0n) is 13.9. The summed E-state index contributed by atoms with van der Waals surface area (Å²) in [5, 5.41) is 3.54. The number of carbonyl (C=O) groups is 1. The minimum absolute atomic E-state index is 0.137. The summed E-state index contributed by atoms with van der Waals surface area (Å²) in [6.07, 6.45) is 4.65. The number of carbonyl (C=O) groups excluding carboxylic acids is 1. The van der Waals surface area contributed by atoms with Gasteiger partial charge in [0.05, 0.1) is 6.21 Å². The van der Waals surface area contributed by atoms with Gasteiger partial charge in [-0.1, -0.05) is 105 Å². The molecule has 0 aliphatic heterocycles. The van der Waals surface area contributed by atoms with Crippen molar-refractivity contribution in [1.29, 1.82) is 0 Å². The SMILES string of the molecule is CC(=O)ON=Cc1ccc(C=Cc2nc(C(Cl)(Cl)Cl)nc(C(Cl)(Cl)Cl)n2)cc1. The summed E-state index contributed by atoms with van der Waals surface area (Å²) in [5.74, 6) is -0.717. The molecule has 2 rings (SSSR count). The fourth-order valence-corrected chi connectivity index (χ4v) is 2.25. The number of hydrogen-bond acceptors (Lipinski definition) is 6. The van der Waals surface area contributed by atoms with Gasteiger partial charge in [-0.2, -0.15) is 0 Å². The maximum absolute atomic E-state index is 10.7. The van der Waals surface area contributed by atoms with Crippen molar-refractivity contribution in [3.63, 3.8) is 0 Å². The Morgan fingerprint density at radius 3 is 1.86 bits per heavy atom. The van der Waals surface area contributed by atoms with Gasteiger partial charge >= 0.3 is 5.97 Å². The molecule has 1 aromatic carbocycles. The molecule has 0 saturated heterocycles. The van der Waals surface area contributed by atoms with Gasteiger partial charge in [0.2, 0.25) is 7.59 Å². The summed E-state index contributed by atoms with van der Waals surface area (Å²) in [6.45, 7) is 1.26. The van der Waals surface area contributed by atoms with Crippen molar-refractivity contribution in [2.24, 2.45) is 5.16 Å². The number of oxime groups is 1. The standard InChI is InChI=1S/C16H10Cl6N4O2/c1-9(27)28-23-8-11-4-2-10(3-5-11)6-7-12-24-13(15(17,18)19)26-14(25-12)16(20,21)22/h2-8H,1H3. The Morgan fingerprint density at radius 1 is 0.893 bits per heavy atom. The van der Waals surface area contributed by atoms with E-state index in [1.807, 2.05) is 0 Å². The van der Waals surface area contributed by atoms with E-state index in [9.17, 15) is 4.79 Å². The topological polar surface area (TPSA) is 77.3 Å². The molecule has 12 heteroatoms. The summed E-state index contributed by atoms with van der Waals surface area (Å²) in [4.78, 5) is 27.2. The van der Waals surface area contributed by atoms with Crippen molar-refractivity contribution in [3.8, 4) is 0 Å². The first kappa shape index (κ1) is 23.1. The fourth-order valence-electron chi connectivity index (χ4n) is 1.75. The van der Waals surface area contributed by atoms with Crippen LogP contribution in [0.4, 0.5) is 0 Å². The van der Waals surface area contributed by atoms with E-state index in [0.717, 1.165) is 11.1 Å². The van der Waals surface area contributed by atoms with E-state index in [2.05, 4.69) is 24.9 Å². The first-order valence-corrected chi connectivity index (χ1v) is 9.61. The quantitative estimate of drug-likeness (QED) is 0.235. The van der Waals surface area contributed by atoms with Crippen LogP contribution in [-0.2, 0) is 17.2 Å². The maximum atomic E-state index is 10.7. The second-order valence-corrected chi connectivity index (χ2v) is 9.72. The van der Waals surface area contributed by atoms with E-state index < -0.39 is 13.6 Å². The molecule has 1 heterocycles. The molecule has 28 heavy (non-hydrogen) atoms. The minimum Gasteiger partial charge on any atom is -0.319 e. The van der Waals surface area contributed by atoms with Crippen molar-refractivity contribution in [2.45, 2.75) is 14.5 Å². The highest BCUT2D eigenvalue weighted by Crippen LogP contribution is 2.39. The summed E-state index contributed by atoms with van der Waals surface area (Å²) in [5.41, 5.74) is 1.53. The molecule has 0 radical (unpaired) electrons. The molecule has 0 spiro atoms. The lowest BCUT2D eigenvalue weighted by molar-refractivity contribution is -0.140. The van der Waals surface area contributed by atoms with Crippen molar-refractivity contribution in [3.05, 3.63) is 52.9 Å². The number of hydrogen-bond donors (Lipinski definition) is 0. The largest absolute Gasteiger partial charge is 0.331 e. The van der Waals surface area contributed by atoms with E-state index >= 15 is 0 Å². The molecule has 0 N–H and O–H groups in total. The number of halogens is 6. The molecular formula is C16H10Cl6N4O2. The average molecular weight is 503 g/mol. The number of rotatable bonds is 4. The minimum atomic E-state index is -1.92. The molecule has 0 unspecified atom stereocenters. The molecule has 0 saturated carbocycles. The van der Waals surface area contributed by atoms with Crippen LogP contribution < -0.4 is 0 Å². The molecule has 0 aliphatic carbocycles. The van der Waals surface area contributed by atoms with Gasteiger partial charge in [0.1, 0.15) is 0 Å². The first-order valence-electron chi connectivity index (χ1n) is 7.35. The third kappa shape index (κ3) is 7.35. The van der Waals surface area contributed by atoms with Crippen LogP contribution >= 0.6 is 69.6 Å². The number of alkyl halides is 6. The van der Waals surface area contributed by atoms with E-state index in [1.54, 1.807) is 36.4 Å². The van der Waals surface area contributed by atoms with Gasteiger partial charge in [0.15, 0.2) is 17.5 Å². The van der Waals surface area contributed by atoms with Crippen LogP contribution in [0.25, 0.3) is 12.2 Å². The predicted octanol–water partition coefficient (Wildman–Crippen LogP) is 5.59. The zero-order valence-corrected chi connectivity index (χ0v) is 18.5. The molecule has 0 aliphatic rings. The van der Waals surface area contributed by atoms with Crippen molar-refractivity contribution < 1.29 is 9.63 Å². The fraction of sp³-hybridized carbons (Fsp3) is 0.188. The Labute approximate surface area is 190 Å². The van der Waals surface area contributed by atoms with Gasteiger partial charge in [-0.15, -0.1) is 0 Å². The number of benzene rings is 1. The normalized spacial score (nSPS) is 12.7. The Kier molecular flexibility index (Phi) is 7.90. The Morgan fingerprint density at radius 2 is 1.39 bits per heavy atom. The lowest BCUT2D eigenvalue weighted by Crippen LogP contribution is -2.16. The third-order valence-corrected chi connectivity index (χ3v) is 3.92. The molecule has 6 nitrogen and oxygen atoms in total. The lowest BCUT2D eigenvalue weighted by Gasteiger charge is -2.14. The highest BCUT2D eigenvalue weighted by atomic mass is 35.6. The van der Waals surface area contributed by atoms with Gasteiger partial charge < -0.3 is 4.84 Å². The van der Waals surface area contributed by atoms with Crippen molar-refractivity contribution >= 4 is 93.9 Å². The summed E-state index contributed by atoms with van der Waals surface area (Å²) >= 11 is 35.0. The Hall–Kier alpha value is -1.15. The third-order valence-electron chi connectivity index (χ3n) is 2.90. The molecule has 0 bridgehead atoms. The van der Waals surface area contributed by atoms with Gasteiger partial charge in [-0.05, 0) is 17.2 Å². The highest BCUT2D eigenvalue weighted by Gasteiger charge is 2.33. The Balaban J connectivity index is 2.25. The molecular weight excluding hydrogens is 493 g/mol. The van der Waals surface area contributed by atoms with Crippen LogP contribution in [-0.4, -0.2) is 27.1 Å². The van der Waals surface area contributed by atoms with Crippen LogP contribution in [0.1, 0.15) is 35.5 Å². The second kappa shape index (κ2) is 9.57. The monoisotopic (exact) mass is 500 g/mol. The van der Waals surface area contributed by atoms with E-state index in [0.29, 0.717) is 0 Å². The maximum Gasteiger partial charge on any atom is 0.331 e. The van der Waals surface area contributed by atoms with Crippen LogP contribution in [0.15, 0.2) is 29.4 Å². The van der Waals surface area contributed by atoms with Gasteiger partial charge in [0.25, 0.3) is 0 Å². The summed E-state index contributed by atoms with van der Waals surface area (Å²) in [7, 11) is 0. The van der Waals surface area contributed by atoms with Crippen LogP contribution in [0.3, 0.4) is 0 Å². The average Bonchev–Trinajstić information content (AvgIpc) is 2.59. The molecule has 0 fully saturated rings. The number of nitrogens with zero attached hydrogens (tertiary/aromatic N) is 4. The van der Waals surface area contributed by atoms with E-state index in [4.69, 9.17) is 69.6 Å². The summed E-state index contributed by atoms with van der Waals surface area (Å²) < 4.78 is -3.84. The van der Waals surface area contributed by atoms with Crippen LogP contribution in [0, 0.1) is 0 Å². The van der Waals surface area contributed by atoms with Gasteiger partial charge in [0, 0.05) is 6.92 Å². The van der Waals surface area contributed by atoms with Crippen LogP contribution in [0.5, 0.6) is 0 Å². The molecule has 0 atom stereocenters. The molecule has 2 aromatic rings. The highest BCUT2D eigenvalue weighted by molar-refractivity contribution is 6.67. The molecule has 0 amide bonds. The van der Waals surface area contributed by atoms with Crippen molar-refractivity contribution in [2.75, 3.05) is 0 Å². The van der Waals surface area contributed by atoms with Crippen LogP contribution in [0.2, 0.25) is 0 Å². The molecule has 1 aromatic heterocycles. The van der Waals surface area contributed by atoms with Gasteiger partial charge in [-0.25, -0.2) is 19.7 Å². The summed E-state index contributed by atoms with van der Waals surface area (Å²) in [6, 6.07) is 7.11. The van der Waals surface area contributed by atoms with E-state index in [-0.39, 0.29) is 17.5 Å². The lowest BCUT2D eigenvalue weighted by atomic mass is 10.1. The van der Waals surface area contributed by atoms with E-state index in [1.165, 1.54) is 13.1 Å². The molecule has 148 valence electrons. The smallest absolute Gasteiger partial charge is 0.319 e. The second-order valence-electron chi connectivity index (χ2n) is 5.15. The Bertz CT molecular complexity index is 873. The number of aromatic nitrogens is 3. The first-order chi connectivity index (χ1) is 12.9. The predicted molar refractivity (Wildman–Crippen MR) is 113 cm³/mol. The zero-order chi connectivity index (χ0) is 20.9. The van der Waals surface area contributed by atoms with Gasteiger partial charge in [-0.3, -0.25) is 0 Å².